The fraction of sp³-hybridized carbons (Fsp3) is 0.591. The highest BCUT2D eigenvalue weighted by Crippen LogP contribution is 2.38. The van der Waals surface area contributed by atoms with E-state index < -0.39 is 0 Å². The van der Waals surface area contributed by atoms with E-state index in [4.69, 9.17) is 4.74 Å². The first-order chi connectivity index (χ1) is 14.2. The molecule has 4 atom stereocenters. The maximum atomic E-state index is 12.9. The van der Waals surface area contributed by atoms with E-state index in [0.29, 0.717) is 17.9 Å². The van der Waals surface area contributed by atoms with Crippen molar-refractivity contribution < 1.29 is 9.53 Å². The molecule has 2 unspecified atom stereocenters. The molecule has 1 amide bonds. The van der Waals surface area contributed by atoms with Crippen molar-refractivity contribution in [1.82, 2.24) is 24.8 Å². The number of benzene rings is 1. The number of nitrogens with zero attached hydrogens (tertiary/aromatic N) is 5. The number of amides is 1. The van der Waals surface area contributed by atoms with Gasteiger partial charge in [0.15, 0.2) is 0 Å². The maximum Gasteiger partial charge on any atom is 0.227 e. The summed E-state index contributed by atoms with van der Waals surface area (Å²) in [6.45, 7) is 4.76. The van der Waals surface area contributed by atoms with Gasteiger partial charge in [0, 0.05) is 31.2 Å². The number of rotatable bonds is 5. The monoisotopic (exact) mass is 395 g/mol. The molecule has 4 aliphatic heterocycles. The minimum Gasteiger partial charge on any atom is -0.497 e. The number of piperidine rings is 3. The van der Waals surface area contributed by atoms with E-state index in [2.05, 4.69) is 20.1 Å². The van der Waals surface area contributed by atoms with Gasteiger partial charge in [-0.05, 0) is 62.4 Å². The van der Waals surface area contributed by atoms with Crippen molar-refractivity contribution in [2.75, 3.05) is 33.3 Å². The van der Waals surface area contributed by atoms with Gasteiger partial charge in [0.1, 0.15) is 11.4 Å². The third kappa shape index (κ3) is 3.64. The first-order valence-corrected chi connectivity index (χ1v) is 10.8. The van der Waals surface area contributed by atoms with Crippen molar-refractivity contribution in [3.8, 4) is 17.0 Å². The summed E-state index contributed by atoms with van der Waals surface area (Å²) in [5, 5.41) is 8.72. The molecule has 0 radical (unpaired) electrons. The Morgan fingerprint density at radius 1 is 1.17 bits per heavy atom. The summed E-state index contributed by atoms with van der Waals surface area (Å²) in [7, 11) is 1.67. The zero-order chi connectivity index (χ0) is 19.8. The number of hydrogen-bond donors (Lipinski definition) is 0. The van der Waals surface area contributed by atoms with Crippen LogP contribution in [-0.2, 0) is 11.3 Å². The lowest BCUT2D eigenvalue weighted by molar-refractivity contribution is -0.142. The lowest BCUT2D eigenvalue weighted by atomic mass is 9.75. The van der Waals surface area contributed by atoms with Crippen molar-refractivity contribution in [3.63, 3.8) is 0 Å². The number of carbonyl (C=O) groups is 1. The molecule has 4 saturated heterocycles. The Labute approximate surface area is 171 Å². The number of aromatic nitrogens is 3. The summed E-state index contributed by atoms with van der Waals surface area (Å²) in [4.78, 5) is 17.5. The number of ether oxygens (including phenoxy) is 1. The normalized spacial score (nSPS) is 28.7. The summed E-state index contributed by atoms with van der Waals surface area (Å²) in [6.07, 6.45) is 6.59. The molecule has 154 valence electrons. The van der Waals surface area contributed by atoms with Gasteiger partial charge >= 0.3 is 0 Å². The van der Waals surface area contributed by atoms with Crippen LogP contribution in [0.15, 0.2) is 30.5 Å². The third-order valence-corrected chi connectivity index (χ3v) is 6.94. The van der Waals surface area contributed by atoms with Crippen LogP contribution < -0.4 is 4.74 Å². The molecule has 7 nitrogen and oxygen atoms in total. The molecule has 2 aromatic rings. The zero-order valence-electron chi connectivity index (χ0n) is 17.0. The summed E-state index contributed by atoms with van der Waals surface area (Å²) >= 11 is 0. The number of likely N-dealkylation sites (tertiary alicyclic amines) is 1. The molecule has 0 saturated carbocycles. The number of methoxy groups -OCH3 is 1. The molecule has 5 heterocycles. The van der Waals surface area contributed by atoms with E-state index >= 15 is 0 Å². The molecule has 4 aliphatic rings. The van der Waals surface area contributed by atoms with Gasteiger partial charge in [-0.2, -0.15) is 0 Å². The first-order valence-electron chi connectivity index (χ1n) is 10.8. The highest BCUT2D eigenvalue weighted by molar-refractivity contribution is 5.80. The maximum absolute atomic E-state index is 12.9. The van der Waals surface area contributed by atoms with Crippen LogP contribution in [0.1, 0.15) is 25.7 Å². The van der Waals surface area contributed by atoms with Crippen LogP contribution in [-0.4, -0.2) is 70.0 Å². The standard InChI is InChI=1S/C22H29N5O2/c1-29-19-6-4-16(5-7-19)21-15-27(24-23-21)13-18-12-17-8-11-26(18)14-20(17)22(28)25-9-2-3-10-25/h4-7,15,17-18,20H,2-3,8-14H2,1H3/t17?,18-,20+/m1/s1. The summed E-state index contributed by atoms with van der Waals surface area (Å²) in [6, 6.07) is 8.35. The smallest absolute Gasteiger partial charge is 0.227 e. The van der Waals surface area contributed by atoms with Crippen LogP contribution >= 0.6 is 0 Å². The van der Waals surface area contributed by atoms with E-state index in [1.807, 2.05) is 35.1 Å². The van der Waals surface area contributed by atoms with Gasteiger partial charge in [-0.3, -0.25) is 14.4 Å². The summed E-state index contributed by atoms with van der Waals surface area (Å²) in [5.74, 6) is 1.95. The van der Waals surface area contributed by atoms with Crippen molar-refractivity contribution in [2.45, 2.75) is 38.3 Å². The molecule has 2 bridgehead atoms. The Bertz CT molecular complexity index is 858. The van der Waals surface area contributed by atoms with Gasteiger partial charge < -0.3 is 9.64 Å². The van der Waals surface area contributed by atoms with Gasteiger partial charge in [0.2, 0.25) is 5.91 Å². The molecule has 1 aromatic heterocycles. The van der Waals surface area contributed by atoms with E-state index in [0.717, 1.165) is 75.4 Å². The average Bonchev–Trinajstić information content (AvgIpc) is 3.46. The second-order valence-corrected chi connectivity index (χ2v) is 8.63. The second-order valence-electron chi connectivity index (χ2n) is 8.63. The predicted molar refractivity (Wildman–Crippen MR) is 109 cm³/mol. The van der Waals surface area contributed by atoms with Crippen LogP contribution in [0, 0.1) is 11.8 Å². The Kier molecular flexibility index (Phi) is 4.99. The Hall–Kier alpha value is -2.41. The van der Waals surface area contributed by atoms with Crippen molar-refractivity contribution in [2.24, 2.45) is 11.8 Å². The van der Waals surface area contributed by atoms with Crippen LogP contribution in [0.5, 0.6) is 5.75 Å². The minimum atomic E-state index is 0.198. The number of carbonyl (C=O) groups excluding carboxylic acids is 1. The quantitative estimate of drug-likeness (QED) is 0.777. The molecule has 7 heteroatoms. The molecule has 0 spiro atoms. The fourth-order valence-electron chi connectivity index (χ4n) is 5.28. The van der Waals surface area contributed by atoms with Crippen molar-refractivity contribution in [3.05, 3.63) is 30.5 Å². The van der Waals surface area contributed by atoms with Gasteiger partial charge in [0.05, 0.1) is 25.8 Å². The SMILES string of the molecule is COc1ccc(-c2cn(C[C@H]3CC4CCN3C[C@@H]4C(=O)N3CCCC3)nn2)cc1. The third-order valence-electron chi connectivity index (χ3n) is 6.94. The van der Waals surface area contributed by atoms with Gasteiger partial charge in [0.25, 0.3) is 0 Å². The van der Waals surface area contributed by atoms with Gasteiger partial charge in [-0.1, -0.05) is 5.21 Å². The second kappa shape index (κ2) is 7.78. The van der Waals surface area contributed by atoms with E-state index in [9.17, 15) is 4.79 Å². The predicted octanol–water partition coefficient (Wildman–Crippen LogP) is 2.29. The molecular weight excluding hydrogens is 366 g/mol. The molecule has 4 fully saturated rings. The Morgan fingerprint density at radius 2 is 1.97 bits per heavy atom. The molecule has 0 aliphatic carbocycles. The van der Waals surface area contributed by atoms with Gasteiger partial charge in [-0.25, -0.2) is 0 Å². The Balaban J connectivity index is 1.23. The van der Waals surface area contributed by atoms with Crippen molar-refractivity contribution in [1.29, 1.82) is 0 Å². The summed E-state index contributed by atoms with van der Waals surface area (Å²) < 4.78 is 7.18. The molecular formula is C22H29N5O2. The van der Waals surface area contributed by atoms with Gasteiger partial charge in [-0.15, -0.1) is 5.10 Å². The summed E-state index contributed by atoms with van der Waals surface area (Å²) in [5.41, 5.74) is 1.92. The van der Waals surface area contributed by atoms with Crippen LogP contribution in [0.4, 0.5) is 0 Å². The van der Waals surface area contributed by atoms with E-state index in [1.165, 1.54) is 0 Å². The molecule has 1 aromatic carbocycles. The van der Waals surface area contributed by atoms with Crippen molar-refractivity contribution >= 4 is 5.91 Å². The topological polar surface area (TPSA) is 63.5 Å². The minimum absolute atomic E-state index is 0.198. The number of fused-ring (bicyclic) bond motifs is 3. The average molecular weight is 396 g/mol. The van der Waals surface area contributed by atoms with E-state index in [1.54, 1.807) is 7.11 Å². The van der Waals surface area contributed by atoms with Crippen LogP contribution in [0.2, 0.25) is 0 Å². The molecule has 6 rings (SSSR count). The first kappa shape index (κ1) is 18.6. The molecule has 29 heavy (non-hydrogen) atoms. The number of hydrogen-bond acceptors (Lipinski definition) is 5. The lowest BCUT2D eigenvalue weighted by Crippen LogP contribution is -2.58. The van der Waals surface area contributed by atoms with Crippen LogP contribution in [0.25, 0.3) is 11.3 Å². The molecule has 0 N–H and O–H groups in total. The van der Waals surface area contributed by atoms with Crippen LogP contribution in [0.3, 0.4) is 0 Å². The largest absolute Gasteiger partial charge is 0.497 e. The van der Waals surface area contributed by atoms with E-state index in [-0.39, 0.29) is 5.92 Å². The Morgan fingerprint density at radius 3 is 2.66 bits per heavy atom. The fourth-order valence-corrected chi connectivity index (χ4v) is 5.28. The lowest BCUT2D eigenvalue weighted by Gasteiger charge is -2.49. The zero-order valence-corrected chi connectivity index (χ0v) is 17.0. The highest BCUT2D eigenvalue weighted by Gasteiger charge is 2.44. The highest BCUT2D eigenvalue weighted by atomic mass is 16.5.